The molecular formula is C20H29FNSi+. The number of nitrogens with zero attached hydrogens (tertiary/aromatic N) is 1. The van der Waals surface area contributed by atoms with Gasteiger partial charge in [0.1, 0.15) is 12.9 Å². The van der Waals surface area contributed by atoms with Crippen LogP contribution in [0.2, 0.25) is 19.6 Å². The normalized spacial score (nSPS) is 12.6. The number of pyridine rings is 1. The second kappa shape index (κ2) is 5.86. The molecule has 23 heavy (non-hydrogen) atoms. The van der Waals surface area contributed by atoms with Gasteiger partial charge in [0.15, 0.2) is 6.20 Å². The van der Waals surface area contributed by atoms with Crippen molar-refractivity contribution in [1.82, 2.24) is 0 Å². The van der Waals surface area contributed by atoms with E-state index in [-0.39, 0.29) is 11.2 Å². The second-order valence-electron chi connectivity index (χ2n) is 8.56. The fourth-order valence-electron chi connectivity index (χ4n) is 2.86. The van der Waals surface area contributed by atoms with Gasteiger partial charge in [-0.25, -0.2) is 8.96 Å². The average molecular weight is 331 g/mol. The number of aromatic nitrogens is 1. The molecule has 124 valence electrons. The van der Waals surface area contributed by atoms with E-state index >= 15 is 0 Å². The monoisotopic (exact) mass is 330 g/mol. The van der Waals surface area contributed by atoms with Crippen LogP contribution in [0.15, 0.2) is 30.5 Å². The molecule has 0 saturated carbocycles. The van der Waals surface area contributed by atoms with Crippen LogP contribution < -0.4 is 9.75 Å². The molecule has 0 saturated heterocycles. The van der Waals surface area contributed by atoms with Crippen LogP contribution >= 0.6 is 0 Å². The summed E-state index contributed by atoms with van der Waals surface area (Å²) in [7, 11) is 0.708. The van der Waals surface area contributed by atoms with Gasteiger partial charge in [-0.05, 0) is 29.5 Å². The molecule has 0 bridgehead atoms. The largest absolute Gasteiger partial charge is 0.212 e. The number of benzene rings is 1. The van der Waals surface area contributed by atoms with Crippen LogP contribution in [0.4, 0.5) is 4.39 Å². The molecule has 0 radical (unpaired) electrons. The molecule has 1 aromatic heterocycles. The van der Waals surface area contributed by atoms with Crippen molar-refractivity contribution in [3.05, 3.63) is 47.4 Å². The summed E-state index contributed by atoms with van der Waals surface area (Å²) in [4.78, 5) is 0. The number of aryl methyl sites for hydroxylation is 2. The topological polar surface area (TPSA) is 3.88 Å². The first-order valence-corrected chi connectivity index (χ1v) is 11.7. The van der Waals surface area contributed by atoms with Gasteiger partial charge in [0.2, 0.25) is 5.69 Å². The van der Waals surface area contributed by atoms with Crippen LogP contribution in [0.5, 0.6) is 0 Å². The van der Waals surface area contributed by atoms with Crippen LogP contribution in [-0.2, 0) is 12.5 Å². The first kappa shape index (κ1) is 17.9. The summed E-state index contributed by atoms with van der Waals surface area (Å²) in [5.41, 5.74) is 3.74. The van der Waals surface area contributed by atoms with Crippen LogP contribution in [0.25, 0.3) is 11.3 Å². The number of rotatable bonds is 2. The van der Waals surface area contributed by atoms with Crippen LogP contribution in [0.3, 0.4) is 0 Å². The number of hydrogen-bond acceptors (Lipinski definition) is 0. The van der Waals surface area contributed by atoms with E-state index in [4.69, 9.17) is 0 Å². The first-order valence-electron chi connectivity index (χ1n) is 8.22. The van der Waals surface area contributed by atoms with Gasteiger partial charge in [0.05, 0.1) is 13.6 Å². The molecule has 0 fully saturated rings. The Morgan fingerprint density at radius 1 is 1.04 bits per heavy atom. The van der Waals surface area contributed by atoms with Crippen molar-refractivity contribution in [3.8, 4) is 11.3 Å². The van der Waals surface area contributed by atoms with E-state index in [9.17, 15) is 4.39 Å². The minimum atomic E-state index is -1.34. The van der Waals surface area contributed by atoms with E-state index < -0.39 is 8.07 Å². The lowest BCUT2D eigenvalue weighted by Gasteiger charge is -2.21. The van der Waals surface area contributed by atoms with E-state index in [0.717, 1.165) is 22.4 Å². The molecule has 2 aromatic rings. The van der Waals surface area contributed by atoms with Crippen molar-refractivity contribution in [1.29, 1.82) is 0 Å². The Morgan fingerprint density at radius 2 is 1.65 bits per heavy atom. The third-order valence-electron chi connectivity index (χ3n) is 4.40. The number of halogens is 1. The minimum absolute atomic E-state index is 0.118. The smallest absolute Gasteiger partial charge is 0.207 e. The second-order valence-corrected chi connectivity index (χ2v) is 13.6. The van der Waals surface area contributed by atoms with Gasteiger partial charge in [-0.2, -0.15) is 0 Å². The third kappa shape index (κ3) is 3.71. The van der Waals surface area contributed by atoms with E-state index in [2.05, 4.69) is 49.5 Å². The molecule has 0 N–H and O–H groups in total. The highest BCUT2D eigenvalue weighted by Gasteiger charge is 2.24. The Kier molecular flexibility index (Phi) is 4.55. The Morgan fingerprint density at radius 3 is 2.13 bits per heavy atom. The van der Waals surface area contributed by atoms with Crippen molar-refractivity contribution >= 4 is 13.3 Å². The van der Waals surface area contributed by atoms with Crippen LogP contribution in [0, 0.1) is 12.7 Å². The van der Waals surface area contributed by atoms with Crippen molar-refractivity contribution in [2.24, 2.45) is 7.05 Å². The van der Waals surface area contributed by atoms with Gasteiger partial charge in [0, 0.05) is 11.3 Å². The lowest BCUT2D eigenvalue weighted by atomic mass is 9.84. The van der Waals surface area contributed by atoms with Gasteiger partial charge in [-0.1, -0.05) is 52.5 Å². The highest BCUT2D eigenvalue weighted by atomic mass is 28.3. The van der Waals surface area contributed by atoms with Crippen LogP contribution in [-0.4, -0.2) is 8.07 Å². The van der Waals surface area contributed by atoms with E-state index in [1.807, 2.05) is 33.9 Å². The summed E-state index contributed by atoms with van der Waals surface area (Å²) in [5, 5.41) is 1.41. The summed E-state index contributed by atoms with van der Waals surface area (Å²) in [6, 6.07) is 8.03. The van der Waals surface area contributed by atoms with Gasteiger partial charge in [0.25, 0.3) is 0 Å². The zero-order valence-corrected chi connectivity index (χ0v) is 16.7. The summed E-state index contributed by atoms with van der Waals surface area (Å²) in [6.07, 6.45) is 2.20. The van der Waals surface area contributed by atoms with Crippen LogP contribution in [0.1, 0.15) is 31.9 Å². The summed E-state index contributed by atoms with van der Waals surface area (Å²) < 4.78 is 16.7. The summed E-state index contributed by atoms with van der Waals surface area (Å²) in [6.45, 7) is 15.2. The standard InChI is InChI=1S/C20H29FNSi/c1-14-11-17(20(2,3)4)18(21)12-16(14)19-10-9-15(13-22(19)5)23(6,7)8/h9-13H,1-8H3/q+1. The van der Waals surface area contributed by atoms with Gasteiger partial charge in [-0.15, -0.1) is 0 Å². The van der Waals surface area contributed by atoms with Crippen molar-refractivity contribution in [2.75, 3.05) is 0 Å². The molecule has 0 amide bonds. The molecule has 0 aliphatic heterocycles. The molecule has 2 rings (SSSR count). The molecule has 0 spiro atoms. The maximum Gasteiger partial charge on any atom is 0.212 e. The minimum Gasteiger partial charge on any atom is -0.207 e. The Bertz CT molecular complexity index is 737. The van der Waals surface area contributed by atoms with E-state index in [1.165, 1.54) is 5.19 Å². The molecule has 0 unspecified atom stereocenters. The lowest BCUT2D eigenvalue weighted by Crippen LogP contribution is -2.45. The van der Waals surface area contributed by atoms with E-state index in [1.54, 1.807) is 6.07 Å². The SMILES string of the molecule is Cc1cc(C(C)(C)C)c(F)cc1-c1ccc([Si](C)(C)C)c[n+]1C. The first-order chi connectivity index (χ1) is 10.4. The fourth-order valence-corrected chi connectivity index (χ4v) is 4.03. The molecule has 3 heteroatoms. The summed E-state index contributed by atoms with van der Waals surface area (Å²) in [5.74, 6) is -0.118. The zero-order valence-electron chi connectivity index (χ0n) is 15.7. The van der Waals surface area contributed by atoms with Crippen molar-refractivity contribution in [2.45, 2.75) is 52.8 Å². The zero-order chi connectivity index (χ0) is 17.6. The lowest BCUT2D eigenvalue weighted by molar-refractivity contribution is -0.659. The fraction of sp³-hybridized carbons (Fsp3) is 0.450. The molecule has 0 aliphatic rings. The molecule has 1 aromatic carbocycles. The highest BCUT2D eigenvalue weighted by molar-refractivity contribution is 6.88. The highest BCUT2D eigenvalue weighted by Crippen LogP contribution is 2.30. The van der Waals surface area contributed by atoms with Gasteiger partial charge < -0.3 is 0 Å². The van der Waals surface area contributed by atoms with Gasteiger partial charge >= 0.3 is 0 Å². The summed E-state index contributed by atoms with van der Waals surface area (Å²) >= 11 is 0. The average Bonchev–Trinajstić information content (AvgIpc) is 2.39. The molecule has 1 nitrogen and oxygen atoms in total. The predicted octanol–water partition coefficient (Wildman–Crippen LogP) is 4.47. The Balaban J connectivity index is 2.58. The maximum absolute atomic E-state index is 14.6. The molecule has 0 aliphatic carbocycles. The Hall–Kier alpha value is -1.48. The van der Waals surface area contributed by atoms with E-state index in [0.29, 0.717) is 0 Å². The number of hydrogen-bond donors (Lipinski definition) is 0. The Labute approximate surface area is 141 Å². The van der Waals surface area contributed by atoms with Gasteiger partial charge in [-0.3, -0.25) is 0 Å². The molecule has 1 heterocycles. The van der Waals surface area contributed by atoms with Crippen molar-refractivity contribution < 1.29 is 8.96 Å². The quantitative estimate of drug-likeness (QED) is 0.565. The predicted molar refractivity (Wildman–Crippen MR) is 99.4 cm³/mol. The third-order valence-corrected chi connectivity index (χ3v) is 6.43. The molecule has 0 atom stereocenters. The van der Waals surface area contributed by atoms with Crippen molar-refractivity contribution in [3.63, 3.8) is 0 Å². The maximum atomic E-state index is 14.6. The molecular weight excluding hydrogens is 301 g/mol.